The van der Waals surface area contributed by atoms with Crippen molar-refractivity contribution < 1.29 is 9.59 Å². The fourth-order valence-corrected chi connectivity index (χ4v) is 2.94. The molecule has 1 aromatic carbocycles. The summed E-state index contributed by atoms with van der Waals surface area (Å²) >= 11 is 0. The lowest BCUT2D eigenvalue weighted by atomic mass is 10.1. The van der Waals surface area contributed by atoms with Gasteiger partial charge in [-0.05, 0) is 12.8 Å². The number of carbonyl (C=O) groups is 2. The molecule has 132 valence electrons. The van der Waals surface area contributed by atoms with Crippen LogP contribution in [0.4, 0.5) is 5.95 Å². The molecule has 1 aromatic heterocycles. The minimum Gasteiger partial charge on any atom is -0.342 e. The predicted molar refractivity (Wildman–Crippen MR) is 94.7 cm³/mol. The third-order valence-corrected chi connectivity index (χ3v) is 4.22. The van der Waals surface area contributed by atoms with Crippen LogP contribution in [0.5, 0.6) is 0 Å². The third kappa shape index (κ3) is 4.04. The zero-order valence-electron chi connectivity index (χ0n) is 14.7. The highest BCUT2D eigenvalue weighted by Crippen LogP contribution is 2.21. The number of carbonyl (C=O) groups excluding carboxylic acids is 2. The van der Waals surface area contributed by atoms with Gasteiger partial charge in [-0.2, -0.15) is 4.98 Å². The van der Waals surface area contributed by atoms with Gasteiger partial charge in [-0.3, -0.25) is 20.0 Å². The van der Waals surface area contributed by atoms with Crippen LogP contribution in [0.2, 0.25) is 0 Å². The fourth-order valence-electron chi connectivity index (χ4n) is 2.94. The Labute approximate surface area is 146 Å². The van der Waals surface area contributed by atoms with E-state index in [2.05, 4.69) is 34.3 Å². The van der Waals surface area contributed by atoms with Gasteiger partial charge in [0.15, 0.2) is 5.82 Å². The van der Waals surface area contributed by atoms with Crippen LogP contribution in [-0.4, -0.2) is 45.0 Å². The summed E-state index contributed by atoms with van der Waals surface area (Å²) in [5.74, 6) is 0.677. The predicted octanol–water partition coefficient (Wildman–Crippen LogP) is 2.22. The Bertz CT molecular complexity index is 766. The maximum Gasteiger partial charge on any atom is 0.249 e. The first-order valence-corrected chi connectivity index (χ1v) is 8.50. The summed E-state index contributed by atoms with van der Waals surface area (Å²) in [4.78, 5) is 30.5. The van der Waals surface area contributed by atoms with Crippen molar-refractivity contribution >= 4 is 17.8 Å². The van der Waals surface area contributed by atoms with Crippen molar-refractivity contribution in [1.82, 2.24) is 20.1 Å². The van der Waals surface area contributed by atoms with Crippen molar-refractivity contribution in [3.05, 3.63) is 29.8 Å². The second-order valence-corrected chi connectivity index (χ2v) is 6.96. The normalized spacial score (nSPS) is 17.4. The van der Waals surface area contributed by atoms with Crippen molar-refractivity contribution in [3.63, 3.8) is 0 Å². The van der Waals surface area contributed by atoms with Gasteiger partial charge in [-0.25, -0.2) is 0 Å². The monoisotopic (exact) mass is 341 g/mol. The molecule has 7 heteroatoms. The van der Waals surface area contributed by atoms with Crippen LogP contribution < -0.4 is 5.32 Å². The first kappa shape index (κ1) is 17.1. The SMILES string of the molecule is Cc1ccc(-c2nc(NC(=O)[C@@H]3CC(=O)N(CC(C)C)C3)n[nH]2)cc1. The summed E-state index contributed by atoms with van der Waals surface area (Å²) in [6, 6.07) is 7.87. The summed E-state index contributed by atoms with van der Waals surface area (Å²) in [6.07, 6.45) is 0.244. The molecular weight excluding hydrogens is 318 g/mol. The number of aromatic amines is 1. The summed E-state index contributed by atoms with van der Waals surface area (Å²) in [5.41, 5.74) is 2.06. The number of anilines is 1. The molecule has 1 saturated heterocycles. The standard InChI is InChI=1S/C18H23N5O2/c1-11(2)9-23-10-14(8-15(23)24)17(25)20-18-19-16(21-22-18)13-6-4-12(3)5-7-13/h4-7,11,14H,8-10H2,1-3H3,(H2,19,20,21,22,25)/t14-/m1/s1. The highest BCUT2D eigenvalue weighted by molar-refractivity contribution is 5.96. The lowest BCUT2D eigenvalue weighted by Gasteiger charge is -2.18. The lowest BCUT2D eigenvalue weighted by Crippen LogP contribution is -2.31. The average molecular weight is 341 g/mol. The zero-order chi connectivity index (χ0) is 18.0. The molecule has 0 radical (unpaired) electrons. The van der Waals surface area contributed by atoms with Crippen molar-refractivity contribution in [2.75, 3.05) is 18.4 Å². The number of nitrogens with zero attached hydrogens (tertiary/aromatic N) is 3. The molecule has 1 atom stereocenters. The number of hydrogen-bond acceptors (Lipinski definition) is 4. The lowest BCUT2D eigenvalue weighted by molar-refractivity contribution is -0.128. The molecule has 1 fully saturated rings. The van der Waals surface area contributed by atoms with E-state index in [1.54, 1.807) is 4.90 Å². The molecule has 0 spiro atoms. The summed E-state index contributed by atoms with van der Waals surface area (Å²) < 4.78 is 0. The van der Waals surface area contributed by atoms with E-state index in [9.17, 15) is 9.59 Å². The molecule has 7 nitrogen and oxygen atoms in total. The highest BCUT2D eigenvalue weighted by atomic mass is 16.2. The van der Waals surface area contributed by atoms with Gasteiger partial charge in [0.05, 0.1) is 5.92 Å². The number of hydrogen-bond donors (Lipinski definition) is 2. The Morgan fingerprint density at radius 1 is 1.36 bits per heavy atom. The van der Waals surface area contributed by atoms with Crippen LogP contribution >= 0.6 is 0 Å². The van der Waals surface area contributed by atoms with Gasteiger partial charge < -0.3 is 4.90 Å². The van der Waals surface area contributed by atoms with Gasteiger partial charge in [0.2, 0.25) is 17.8 Å². The number of amides is 2. The molecule has 2 heterocycles. The van der Waals surface area contributed by atoms with E-state index in [0.29, 0.717) is 24.8 Å². The van der Waals surface area contributed by atoms with Crippen LogP contribution in [0.25, 0.3) is 11.4 Å². The van der Waals surface area contributed by atoms with Gasteiger partial charge in [-0.1, -0.05) is 43.7 Å². The van der Waals surface area contributed by atoms with Crippen LogP contribution in [0.15, 0.2) is 24.3 Å². The largest absolute Gasteiger partial charge is 0.342 e. The van der Waals surface area contributed by atoms with Crippen molar-refractivity contribution in [2.45, 2.75) is 27.2 Å². The Morgan fingerprint density at radius 3 is 2.76 bits per heavy atom. The number of rotatable bonds is 5. The van der Waals surface area contributed by atoms with Gasteiger partial charge >= 0.3 is 0 Å². The third-order valence-electron chi connectivity index (χ3n) is 4.22. The Morgan fingerprint density at radius 2 is 2.08 bits per heavy atom. The van der Waals surface area contributed by atoms with E-state index in [1.807, 2.05) is 31.2 Å². The number of nitrogens with one attached hydrogen (secondary N) is 2. The smallest absolute Gasteiger partial charge is 0.249 e. The molecule has 3 rings (SSSR count). The minimum absolute atomic E-state index is 0.0316. The number of aryl methyl sites for hydroxylation is 1. The van der Waals surface area contributed by atoms with Gasteiger partial charge in [0, 0.05) is 25.1 Å². The number of benzene rings is 1. The van der Waals surface area contributed by atoms with E-state index < -0.39 is 0 Å². The second-order valence-electron chi connectivity index (χ2n) is 6.96. The molecule has 0 bridgehead atoms. The maximum absolute atomic E-state index is 12.4. The molecule has 25 heavy (non-hydrogen) atoms. The topological polar surface area (TPSA) is 91.0 Å². The summed E-state index contributed by atoms with van der Waals surface area (Å²) in [5, 5.41) is 9.58. The zero-order valence-corrected chi connectivity index (χ0v) is 14.7. The summed E-state index contributed by atoms with van der Waals surface area (Å²) in [6.45, 7) is 7.27. The fraction of sp³-hybridized carbons (Fsp3) is 0.444. The average Bonchev–Trinajstić information content (AvgIpc) is 3.15. The minimum atomic E-state index is -0.354. The van der Waals surface area contributed by atoms with Gasteiger partial charge in [0.1, 0.15) is 0 Å². The van der Waals surface area contributed by atoms with E-state index >= 15 is 0 Å². The Balaban J connectivity index is 1.62. The molecule has 0 saturated carbocycles. The number of likely N-dealkylation sites (tertiary alicyclic amines) is 1. The van der Waals surface area contributed by atoms with E-state index in [-0.39, 0.29) is 30.1 Å². The van der Waals surface area contributed by atoms with E-state index in [1.165, 1.54) is 0 Å². The van der Waals surface area contributed by atoms with E-state index in [4.69, 9.17) is 0 Å². The van der Waals surface area contributed by atoms with Crippen LogP contribution in [0.3, 0.4) is 0 Å². The molecule has 0 unspecified atom stereocenters. The van der Waals surface area contributed by atoms with Gasteiger partial charge in [0.25, 0.3) is 0 Å². The number of aromatic nitrogens is 3. The van der Waals surface area contributed by atoms with E-state index in [0.717, 1.165) is 11.1 Å². The second kappa shape index (κ2) is 7.04. The maximum atomic E-state index is 12.4. The Hall–Kier alpha value is -2.70. The van der Waals surface area contributed by atoms with Crippen molar-refractivity contribution in [3.8, 4) is 11.4 Å². The Kier molecular flexibility index (Phi) is 4.83. The quantitative estimate of drug-likeness (QED) is 0.872. The summed E-state index contributed by atoms with van der Waals surface area (Å²) in [7, 11) is 0. The molecule has 1 aliphatic rings. The molecule has 0 aliphatic carbocycles. The van der Waals surface area contributed by atoms with Crippen LogP contribution in [-0.2, 0) is 9.59 Å². The molecular formula is C18H23N5O2. The number of H-pyrrole nitrogens is 1. The molecule has 2 N–H and O–H groups in total. The first-order chi connectivity index (χ1) is 11.9. The van der Waals surface area contributed by atoms with Gasteiger partial charge in [-0.15, -0.1) is 5.10 Å². The molecule has 2 aromatic rings. The van der Waals surface area contributed by atoms with Crippen LogP contribution in [0.1, 0.15) is 25.8 Å². The molecule has 2 amide bonds. The van der Waals surface area contributed by atoms with Crippen LogP contribution in [0, 0.1) is 18.8 Å². The molecule has 1 aliphatic heterocycles. The first-order valence-electron chi connectivity index (χ1n) is 8.50. The highest BCUT2D eigenvalue weighted by Gasteiger charge is 2.34. The van der Waals surface area contributed by atoms with Crippen molar-refractivity contribution in [2.24, 2.45) is 11.8 Å². The van der Waals surface area contributed by atoms with Crippen molar-refractivity contribution in [1.29, 1.82) is 0 Å².